The van der Waals surface area contributed by atoms with E-state index in [0.717, 1.165) is 35.1 Å². The molecule has 0 radical (unpaired) electrons. The molecule has 0 spiro atoms. The molecule has 0 unspecified atom stereocenters. The summed E-state index contributed by atoms with van der Waals surface area (Å²) in [5.74, 6) is 0.307. The van der Waals surface area contributed by atoms with Gasteiger partial charge in [0, 0.05) is 47.7 Å². The van der Waals surface area contributed by atoms with Crippen LogP contribution in [0.25, 0.3) is 33.7 Å². The molecule has 1 aliphatic heterocycles. The minimum absolute atomic E-state index is 0.0399. The van der Waals surface area contributed by atoms with E-state index >= 15 is 0 Å². The predicted octanol–water partition coefficient (Wildman–Crippen LogP) is 3.67. The maximum atomic E-state index is 11.1. The molecule has 156 valence electrons. The Morgan fingerprint density at radius 1 is 1.23 bits per heavy atom. The summed E-state index contributed by atoms with van der Waals surface area (Å²) in [5, 5.41) is 16.9. The average molecular weight is 417 g/mol. The third-order valence-corrected chi connectivity index (χ3v) is 5.47. The van der Waals surface area contributed by atoms with E-state index in [9.17, 15) is 9.59 Å². The van der Waals surface area contributed by atoms with E-state index < -0.39 is 5.97 Å². The summed E-state index contributed by atoms with van der Waals surface area (Å²) in [5.41, 5.74) is 3.60. The van der Waals surface area contributed by atoms with Crippen molar-refractivity contribution in [3.8, 4) is 22.8 Å². The van der Waals surface area contributed by atoms with Crippen LogP contribution >= 0.6 is 0 Å². The van der Waals surface area contributed by atoms with Crippen LogP contribution in [0, 0.1) is 0 Å². The highest BCUT2D eigenvalue weighted by Gasteiger charge is 2.27. The Morgan fingerprint density at radius 2 is 2.06 bits per heavy atom. The number of aromatic nitrogens is 4. The fourth-order valence-electron chi connectivity index (χ4n) is 4.10. The largest absolute Gasteiger partial charge is 0.481 e. The molecular weight excluding hydrogens is 398 g/mol. The van der Waals surface area contributed by atoms with Crippen LogP contribution in [-0.4, -0.2) is 36.7 Å². The third-order valence-electron chi connectivity index (χ3n) is 5.47. The van der Waals surface area contributed by atoms with Gasteiger partial charge in [-0.2, -0.15) is 4.98 Å². The number of anilines is 1. The lowest BCUT2D eigenvalue weighted by molar-refractivity contribution is -0.137. The quantitative estimate of drug-likeness (QED) is 0.508. The number of aliphatic carboxylic acids is 1. The van der Waals surface area contributed by atoms with Crippen molar-refractivity contribution in [2.45, 2.75) is 32.2 Å². The lowest BCUT2D eigenvalue weighted by atomic mass is 10.0. The molecule has 0 fully saturated rings. The van der Waals surface area contributed by atoms with Crippen LogP contribution in [-0.2, 0) is 16.1 Å². The summed E-state index contributed by atoms with van der Waals surface area (Å²) in [6.45, 7) is 2.24. The van der Waals surface area contributed by atoms with Crippen molar-refractivity contribution in [1.29, 1.82) is 0 Å². The minimum atomic E-state index is -0.775. The van der Waals surface area contributed by atoms with Gasteiger partial charge in [-0.05, 0) is 42.8 Å². The number of fused-ring (bicyclic) bond motifs is 3. The number of rotatable bonds is 5. The zero-order valence-corrected chi connectivity index (χ0v) is 16.7. The molecule has 9 heteroatoms. The number of carbonyl (C=O) groups is 2. The highest BCUT2D eigenvalue weighted by molar-refractivity contribution is 5.88. The van der Waals surface area contributed by atoms with Gasteiger partial charge in [-0.3, -0.25) is 9.59 Å². The number of pyridine rings is 1. The molecule has 4 aromatic rings. The van der Waals surface area contributed by atoms with Gasteiger partial charge in [0.2, 0.25) is 11.7 Å². The van der Waals surface area contributed by atoms with Crippen molar-refractivity contribution < 1.29 is 19.2 Å². The van der Waals surface area contributed by atoms with Crippen molar-refractivity contribution in [2.75, 3.05) is 5.32 Å². The third kappa shape index (κ3) is 3.54. The summed E-state index contributed by atoms with van der Waals surface area (Å²) in [6, 6.07) is 11.4. The summed E-state index contributed by atoms with van der Waals surface area (Å²) in [4.78, 5) is 30.9. The van der Waals surface area contributed by atoms with E-state index in [1.807, 2.05) is 18.2 Å². The topological polar surface area (TPSA) is 123 Å². The average Bonchev–Trinajstić information content (AvgIpc) is 3.44. The number of carboxylic acids is 1. The second-order valence-corrected chi connectivity index (χ2v) is 7.61. The normalized spacial score (nSPS) is 15.2. The number of hydrogen-bond donors (Lipinski definition) is 2. The molecule has 1 atom stereocenters. The Morgan fingerprint density at radius 3 is 2.81 bits per heavy atom. The van der Waals surface area contributed by atoms with Crippen LogP contribution in [0.4, 0.5) is 5.82 Å². The van der Waals surface area contributed by atoms with Gasteiger partial charge in [0.25, 0.3) is 5.89 Å². The van der Waals surface area contributed by atoms with Crippen LogP contribution in [0.2, 0.25) is 0 Å². The Balaban J connectivity index is 1.42. The van der Waals surface area contributed by atoms with Crippen molar-refractivity contribution in [3.63, 3.8) is 0 Å². The molecule has 0 saturated carbocycles. The second kappa shape index (κ2) is 7.35. The number of nitrogens with one attached hydrogen (secondary N) is 1. The molecule has 9 nitrogen and oxygen atoms in total. The number of carboxylic acid groups (broad SMARTS) is 1. The van der Waals surface area contributed by atoms with Gasteiger partial charge in [-0.1, -0.05) is 5.16 Å². The van der Waals surface area contributed by atoms with Crippen molar-refractivity contribution in [1.82, 2.24) is 19.7 Å². The Kier molecular flexibility index (Phi) is 4.50. The number of aryl methyl sites for hydroxylation is 1. The molecular formula is C22H19N5O4. The molecule has 4 heterocycles. The van der Waals surface area contributed by atoms with Crippen LogP contribution in [0.15, 0.2) is 47.1 Å². The van der Waals surface area contributed by atoms with Gasteiger partial charge >= 0.3 is 5.97 Å². The van der Waals surface area contributed by atoms with Crippen molar-refractivity contribution in [3.05, 3.63) is 48.3 Å². The monoisotopic (exact) mass is 417 g/mol. The maximum absolute atomic E-state index is 11.1. The zero-order chi connectivity index (χ0) is 21.5. The fourth-order valence-corrected chi connectivity index (χ4v) is 4.10. The fraction of sp³-hybridized carbons (Fsp3) is 0.227. The molecule has 0 aliphatic carbocycles. The first-order chi connectivity index (χ1) is 15.0. The van der Waals surface area contributed by atoms with Gasteiger partial charge < -0.3 is 19.5 Å². The first kappa shape index (κ1) is 19.0. The van der Waals surface area contributed by atoms with Gasteiger partial charge in [-0.15, -0.1) is 0 Å². The smallest absolute Gasteiger partial charge is 0.304 e. The molecule has 3 aromatic heterocycles. The number of nitrogens with zero attached hydrogens (tertiary/aromatic N) is 4. The lowest BCUT2D eigenvalue weighted by Gasteiger charge is -2.04. The first-order valence-electron chi connectivity index (χ1n) is 9.91. The molecule has 1 aliphatic rings. The molecule has 5 rings (SSSR count). The SMILES string of the molecule is CC(=O)Nc1ccc(-c2nc(-c3ccc4c(c3)cc3n4CC[C@H]3CC(=O)O)no2)cn1. The van der Waals surface area contributed by atoms with Crippen molar-refractivity contribution >= 4 is 28.6 Å². The van der Waals surface area contributed by atoms with Gasteiger partial charge in [0.15, 0.2) is 0 Å². The summed E-state index contributed by atoms with van der Waals surface area (Å²) in [7, 11) is 0. The molecule has 2 N–H and O–H groups in total. The standard InChI is InChI=1S/C22H19N5O4/c1-12(28)24-19-5-3-15(11-23-19)22-25-21(26-31-22)14-2-4-17-16(8-14)9-18-13(10-20(29)30)6-7-27(17)18/h2-5,8-9,11,13H,6-7,10H2,1H3,(H,29,30)(H,23,24,28)/t13-/m0/s1. The molecule has 1 aromatic carbocycles. The number of benzene rings is 1. The molecule has 0 bridgehead atoms. The Labute approximate surface area is 176 Å². The second-order valence-electron chi connectivity index (χ2n) is 7.61. The number of hydrogen-bond acceptors (Lipinski definition) is 6. The lowest BCUT2D eigenvalue weighted by Crippen LogP contribution is -2.06. The molecule has 1 amide bonds. The summed E-state index contributed by atoms with van der Waals surface area (Å²) >= 11 is 0. The van der Waals surface area contributed by atoms with Crippen molar-refractivity contribution in [2.24, 2.45) is 0 Å². The number of carbonyl (C=O) groups excluding carboxylic acids is 1. The zero-order valence-electron chi connectivity index (χ0n) is 16.7. The van der Waals surface area contributed by atoms with E-state index in [2.05, 4.69) is 31.1 Å². The first-order valence-corrected chi connectivity index (χ1v) is 9.91. The predicted molar refractivity (Wildman–Crippen MR) is 112 cm³/mol. The summed E-state index contributed by atoms with van der Waals surface area (Å²) in [6.07, 6.45) is 2.56. The van der Waals surface area contributed by atoms with E-state index in [0.29, 0.717) is 23.1 Å². The maximum Gasteiger partial charge on any atom is 0.304 e. The Bertz CT molecular complexity index is 1310. The van der Waals surface area contributed by atoms with E-state index in [1.54, 1.807) is 18.3 Å². The minimum Gasteiger partial charge on any atom is -0.481 e. The van der Waals surface area contributed by atoms with Gasteiger partial charge in [0.1, 0.15) is 5.82 Å². The summed E-state index contributed by atoms with van der Waals surface area (Å²) < 4.78 is 7.59. The van der Waals surface area contributed by atoms with E-state index in [4.69, 9.17) is 9.63 Å². The van der Waals surface area contributed by atoms with Crippen LogP contribution < -0.4 is 5.32 Å². The van der Waals surface area contributed by atoms with E-state index in [-0.39, 0.29) is 18.2 Å². The highest BCUT2D eigenvalue weighted by atomic mass is 16.5. The van der Waals surface area contributed by atoms with Gasteiger partial charge in [-0.25, -0.2) is 4.98 Å². The molecule has 0 saturated heterocycles. The van der Waals surface area contributed by atoms with Crippen LogP contribution in [0.3, 0.4) is 0 Å². The number of amides is 1. The van der Waals surface area contributed by atoms with Crippen LogP contribution in [0.5, 0.6) is 0 Å². The van der Waals surface area contributed by atoms with Gasteiger partial charge in [0.05, 0.1) is 12.0 Å². The highest BCUT2D eigenvalue weighted by Crippen LogP contribution is 2.37. The van der Waals surface area contributed by atoms with E-state index in [1.165, 1.54) is 6.92 Å². The molecule has 31 heavy (non-hydrogen) atoms. The van der Waals surface area contributed by atoms with Crippen LogP contribution in [0.1, 0.15) is 31.4 Å². The Hall–Kier alpha value is -4.01.